The van der Waals surface area contributed by atoms with Crippen molar-refractivity contribution in [2.24, 2.45) is 5.92 Å². The summed E-state index contributed by atoms with van der Waals surface area (Å²) in [6, 6.07) is 10.8. The van der Waals surface area contributed by atoms with Gasteiger partial charge in [-0.3, -0.25) is 14.2 Å². The van der Waals surface area contributed by atoms with Crippen molar-refractivity contribution >= 4 is 28.4 Å². The quantitative estimate of drug-likeness (QED) is 0.367. The van der Waals surface area contributed by atoms with Crippen molar-refractivity contribution in [1.29, 1.82) is 0 Å². The van der Waals surface area contributed by atoms with Crippen LogP contribution in [0.15, 0.2) is 47.3 Å². The highest BCUT2D eigenvalue weighted by molar-refractivity contribution is 6.30. The number of nitrogens with zero attached hydrogens (tertiary/aromatic N) is 3. The first-order valence-electron chi connectivity index (χ1n) is 11.6. The molecule has 0 aliphatic carbocycles. The van der Waals surface area contributed by atoms with Crippen molar-refractivity contribution in [1.82, 2.24) is 14.5 Å². The third kappa shape index (κ3) is 5.11. The van der Waals surface area contributed by atoms with Gasteiger partial charge < -0.3 is 4.90 Å². The Kier molecular flexibility index (Phi) is 8.25. The summed E-state index contributed by atoms with van der Waals surface area (Å²) in [5.41, 5.74) is 0.687. The van der Waals surface area contributed by atoms with Crippen LogP contribution in [0.5, 0.6) is 0 Å². The molecule has 2 aromatic carbocycles. The van der Waals surface area contributed by atoms with E-state index in [-0.39, 0.29) is 22.4 Å². The highest BCUT2D eigenvalue weighted by Crippen LogP contribution is 2.28. The lowest BCUT2D eigenvalue weighted by molar-refractivity contribution is -0.137. The van der Waals surface area contributed by atoms with Crippen molar-refractivity contribution in [3.63, 3.8) is 0 Å². The molecular weight excluding hydrogens is 441 g/mol. The standard InChI is InChI=1S/C26H31ClFN3O2/c1-5-8-11-17(6-2)25(32)30(4)23(7-3)24-29-22-13-10-9-12-19(22)26(33)31(24)18-14-15-21(28)20(27)16-18/h9-10,12-17,23H,5-8,11H2,1-4H3. The Balaban J connectivity index is 2.19. The third-order valence-corrected chi connectivity index (χ3v) is 6.50. The van der Waals surface area contributed by atoms with E-state index in [1.54, 1.807) is 30.1 Å². The van der Waals surface area contributed by atoms with E-state index in [4.69, 9.17) is 16.6 Å². The van der Waals surface area contributed by atoms with E-state index in [1.807, 2.05) is 19.9 Å². The molecule has 0 spiro atoms. The van der Waals surface area contributed by atoms with Crippen molar-refractivity contribution in [3.05, 3.63) is 69.5 Å². The van der Waals surface area contributed by atoms with Gasteiger partial charge in [-0.25, -0.2) is 9.37 Å². The molecule has 1 heterocycles. The molecule has 176 valence electrons. The number of amides is 1. The first-order chi connectivity index (χ1) is 15.8. The maximum Gasteiger partial charge on any atom is 0.266 e. The minimum atomic E-state index is -0.565. The minimum absolute atomic E-state index is 0.0453. The predicted octanol–water partition coefficient (Wildman–Crippen LogP) is 6.30. The third-order valence-electron chi connectivity index (χ3n) is 6.21. The lowest BCUT2D eigenvalue weighted by Gasteiger charge is -2.31. The van der Waals surface area contributed by atoms with Crippen LogP contribution in [0.2, 0.25) is 5.02 Å². The van der Waals surface area contributed by atoms with Gasteiger partial charge in [0.25, 0.3) is 5.56 Å². The summed E-state index contributed by atoms with van der Waals surface area (Å²) >= 11 is 6.05. The zero-order valence-corrected chi connectivity index (χ0v) is 20.4. The van der Waals surface area contributed by atoms with E-state index in [2.05, 4.69) is 6.92 Å². The van der Waals surface area contributed by atoms with Crippen molar-refractivity contribution in [2.75, 3.05) is 7.05 Å². The zero-order valence-electron chi connectivity index (χ0n) is 19.6. The topological polar surface area (TPSA) is 55.2 Å². The van der Waals surface area contributed by atoms with E-state index in [0.29, 0.717) is 28.8 Å². The molecule has 33 heavy (non-hydrogen) atoms. The molecule has 1 aromatic heterocycles. The smallest absolute Gasteiger partial charge is 0.266 e. The van der Waals surface area contributed by atoms with Crippen molar-refractivity contribution in [3.8, 4) is 5.69 Å². The molecule has 0 radical (unpaired) electrons. The molecule has 0 N–H and O–H groups in total. The summed E-state index contributed by atoms with van der Waals surface area (Å²) in [6.07, 6.45) is 4.17. The normalized spacial score (nSPS) is 13.2. The summed E-state index contributed by atoms with van der Waals surface area (Å²) in [7, 11) is 1.77. The van der Waals surface area contributed by atoms with Gasteiger partial charge in [-0.05, 0) is 49.6 Å². The van der Waals surface area contributed by atoms with Gasteiger partial charge in [0.05, 0.1) is 27.7 Å². The number of hydrogen-bond acceptors (Lipinski definition) is 3. The average molecular weight is 472 g/mol. The van der Waals surface area contributed by atoms with Gasteiger partial charge in [-0.15, -0.1) is 0 Å². The number of rotatable bonds is 9. The Labute approximate surface area is 199 Å². The summed E-state index contributed by atoms with van der Waals surface area (Å²) in [5.74, 6) is -0.163. The first-order valence-corrected chi connectivity index (χ1v) is 12.0. The lowest BCUT2D eigenvalue weighted by atomic mass is 9.96. The molecule has 0 aliphatic heterocycles. The van der Waals surface area contributed by atoms with Crippen LogP contribution in [0.1, 0.15) is 64.7 Å². The van der Waals surface area contributed by atoms with Crippen molar-refractivity contribution < 1.29 is 9.18 Å². The van der Waals surface area contributed by atoms with E-state index in [1.165, 1.54) is 22.8 Å². The van der Waals surface area contributed by atoms with Gasteiger partial charge in [-0.1, -0.05) is 57.3 Å². The predicted molar refractivity (Wildman–Crippen MR) is 131 cm³/mol. The molecule has 5 nitrogen and oxygen atoms in total. The average Bonchev–Trinajstić information content (AvgIpc) is 2.82. The number of halogens is 2. The molecule has 0 bridgehead atoms. The lowest BCUT2D eigenvalue weighted by Crippen LogP contribution is -2.39. The fourth-order valence-corrected chi connectivity index (χ4v) is 4.45. The molecule has 0 aliphatic rings. The molecule has 2 unspecified atom stereocenters. The number of unbranched alkanes of at least 4 members (excludes halogenated alkanes) is 1. The fourth-order valence-electron chi connectivity index (χ4n) is 4.27. The highest BCUT2D eigenvalue weighted by Gasteiger charge is 2.29. The van der Waals surface area contributed by atoms with Crippen LogP contribution >= 0.6 is 11.6 Å². The number of carbonyl (C=O) groups is 1. The fraction of sp³-hybridized carbons (Fsp3) is 0.423. The van der Waals surface area contributed by atoms with E-state index >= 15 is 0 Å². The molecule has 1 amide bonds. The van der Waals surface area contributed by atoms with Crippen LogP contribution in [-0.4, -0.2) is 27.4 Å². The SMILES string of the molecule is CCCCC(CC)C(=O)N(C)C(CC)c1nc2ccccc2c(=O)n1-c1ccc(F)c(Cl)c1. The van der Waals surface area contributed by atoms with E-state index in [0.717, 1.165) is 25.7 Å². The second kappa shape index (κ2) is 10.9. The summed E-state index contributed by atoms with van der Waals surface area (Å²) in [6.45, 7) is 6.10. The molecule has 0 saturated heterocycles. The molecule has 0 fully saturated rings. The molecule has 0 saturated carbocycles. The zero-order chi connectivity index (χ0) is 24.1. The van der Waals surface area contributed by atoms with Crippen LogP contribution in [0, 0.1) is 11.7 Å². The Morgan fingerprint density at radius 2 is 1.88 bits per heavy atom. The highest BCUT2D eigenvalue weighted by atomic mass is 35.5. The minimum Gasteiger partial charge on any atom is -0.335 e. The van der Waals surface area contributed by atoms with Gasteiger partial charge in [0.1, 0.15) is 11.6 Å². The Bertz CT molecular complexity index is 1190. The Hall–Kier alpha value is -2.73. The van der Waals surface area contributed by atoms with Gasteiger partial charge in [0, 0.05) is 13.0 Å². The molecular formula is C26H31ClFN3O2. The van der Waals surface area contributed by atoms with Crippen molar-refractivity contribution in [2.45, 2.75) is 58.9 Å². The maximum atomic E-state index is 13.9. The molecule has 3 aromatic rings. The number of carbonyl (C=O) groups excluding carboxylic acids is 1. The molecule has 2 atom stereocenters. The van der Waals surface area contributed by atoms with Gasteiger partial charge in [0.15, 0.2) is 0 Å². The van der Waals surface area contributed by atoms with Crippen LogP contribution in [0.4, 0.5) is 4.39 Å². The number of para-hydroxylation sites is 1. The van der Waals surface area contributed by atoms with Gasteiger partial charge in [0.2, 0.25) is 5.91 Å². The molecule has 7 heteroatoms. The number of aromatic nitrogens is 2. The Morgan fingerprint density at radius 1 is 1.15 bits per heavy atom. The van der Waals surface area contributed by atoms with Gasteiger partial charge in [-0.2, -0.15) is 0 Å². The maximum absolute atomic E-state index is 13.9. The van der Waals surface area contributed by atoms with Gasteiger partial charge >= 0.3 is 0 Å². The van der Waals surface area contributed by atoms with Crippen LogP contribution in [0.3, 0.4) is 0 Å². The Morgan fingerprint density at radius 3 is 2.52 bits per heavy atom. The van der Waals surface area contributed by atoms with Crippen LogP contribution < -0.4 is 5.56 Å². The summed E-state index contributed by atoms with van der Waals surface area (Å²) in [4.78, 5) is 33.5. The largest absolute Gasteiger partial charge is 0.335 e. The van der Waals surface area contributed by atoms with Crippen LogP contribution in [-0.2, 0) is 4.79 Å². The monoisotopic (exact) mass is 471 g/mol. The van der Waals surface area contributed by atoms with E-state index < -0.39 is 11.9 Å². The van der Waals surface area contributed by atoms with E-state index in [9.17, 15) is 14.0 Å². The second-order valence-corrected chi connectivity index (χ2v) is 8.75. The van der Waals surface area contributed by atoms with Crippen LogP contribution in [0.25, 0.3) is 16.6 Å². The first kappa shape index (κ1) is 24.9. The second-order valence-electron chi connectivity index (χ2n) is 8.35. The summed E-state index contributed by atoms with van der Waals surface area (Å²) in [5, 5.41) is 0.363. The number of hydrogen-bond donors (Lipinski definition) is 0. The number of fused-ring (bicyclic) bond motifs is 1. The number of benzene rings is 2. The molecule has 3 rings (SSSR count). The summed E-state index contributed by atoms with van der Waals surface area (Å²) < 4.78 is 15.3.